The highest BCUT2D eigenvalue weighted by atomic mass is 35.5. The van der Waals surface area contributed by atoms with Gasteiger partial charge in [-0.25, -0.2) is 0 Å². The summed E-state index contributed by atoms with van der Waals surface area (Å²) in [4.78, 5) is 12.0. The molecule has 0 saturated heterocycles. The Morgan fingerprint density at radius 1 is 0.840 bits per heavy atom. The summed E-state index contributed by atoms with van der Waals surface area (Å²) in [7, 11) is 0. The van der Waals surface area contributed by atoms with Gasteiger partial charge in [-0.2, -0.15) is 0 Å². The monoisotopic (exact) mass is 368 g/mol. The van der Waals surface area contributed by atoms with Gasteiger partial charge in [0.2, 0.25) is 5.43 Å². The summed E-state index contributed by atoms with van der Waals surface area (Å²) in [6.07, 6.45) is 0. The molecule has 0 fully saturated rings. The quantitative estimate of drug-likeness (QED) is 0.359. The van der Waals surface area contributed by atoms with E-state index in [-0.39, 0.29) is 10.5 Å². The molecule has 2 aliphatic rings. The molecule has 0 bridgehead atoms. The maximum absolute atomic E-state index is 12.0. The second-order valence-electron chi connectivity index (χ2n) is 6.17. The molecule has 2 aromatic rings. The van der Waals surface area contributed by atoms with Crippen LogP contribution in [0, 0.1) is 13.8 Å². The van der Waals surface area contributed by atoms with E-state index in [2.05, 4.69) is 19.1 Å². The molecular weight excluding hydrogens is 355 g/mol. The Kier molecular flexibility index (Phi) is 3.82. The van der Waals surface area contributed by atoms with Crippen molar-refractivity contribution in [2.75, 3.05) is 0 Å². The molecule has 4 heteroatoms. The second kappa shape index (κ2) is 5.91. The first-order valence-corrected chi connectivity index (χ1v) is 8.63. The molecule has 4 rings (SSSR count). The van der Waals surface area contributed by atoms with Crippen molar-refractivity contribution >= 4 is 34.2 Å². The predicted octanol–water partition coefficient (Wildman–Crippen LogP) is 6.49. The van der Waals surface area contributed by atoms with E-state index in [1.54, 1.807) is 6.07 Å². The zero-order chi connectivity index (χ0) is 17.7. The average molecular weight is 369 g/mol. The van der Waals surface area contributed by atoms with Gasteiger partial charge < -0.3 is 4.42 Å². The highest BCUT2D eigenvalue weighted by molar-refractivity contribution is 6.32. The minimum absolute atomic E-state index is 0.176. The lowest BCUT2D eigenvalue weighted by Gasteiger charge is -2.17. The molecule has 1 heterocycles. The molecule has 0 atom stereocenters. The van der Waals surface area contributed by atoms with Crippen molar-refractivity contribution in [3.63, 3.8) is 0 Å². The Bertz CT molecular complexity index is 1160. The zero-order valence-corrected chi connectivity index (χ0v) is 15.2. The number of halogens is 2. The Balaban J connectivity index is 2.27. The van der Waals surface area contributed by atoms with Gasteiger partial charge in [0, 0.05) is 27.6 Å². The van der Waals surface area contributed by atoms with Gasteiger partial charge in [-0.1, -0.05) is 47.5 Å². The Morgan fingerprint density at radius 2 is 1.60 bits per heavy atom. The lowest BCUT2D eigenvalue weighted by Crippen LogP contribution is -2.03. The molecule has 25 heavy (non-hydrogen) atoms. The van der Waals surface area contributed by atoms with E-state index in [4.69, 9.17) is 27.6 Å². The third-order valence-electron chi connectivity index (χ3n) is 4.47. The van der Waals surface area contributed by atoms with E-state index in [1.807, 2.05) is 31.2 Å². The summed E-state index contributed by atoms with van der Waals surface area (Å²) < 4.78 is 6.00. The first kappa shape index (κ1) is 16.2. The van der Waals surface area contributed by atoms with Crippen LogP contribution in [-0.4, -0.2) is 0 Å². The Labute approximate surface area is 155 Å². The maximum atomic E-state index is 12.0. The molecular formula is C21H14Cl2O2. The molecule has 0 saturated carbocycles. The molecule has 0 aromatic heterocycles. The van der Waals surface area contributed by atoms with Crippen LogP contribution in [-0.2, 0) is 0 Å². The fourth-order valence-electron chi connectivity index (χ4n) is 3.16. The van der Waals surface area contributed by atoms with Gasteiger partial charge in [0.1, 0.15) is 11.3 Å². The van der Waals surface area contributed by atoms with Gasteiger partial charge >= 0.3 is 0 Å². The molecule has 1 aliphatic carbocycles. The van der Waals surface area contributed by atoms with Crippen molar-refractivity contribution in [3.05, 3.63) is 79.9 Å². The third kappa shape index (κ3) is 2.62. The lowest BCUT2D eigenvalue weighted by molar-refractivity contribution is 0.619. The molecule has 2 nitrogen and oxygen atoms in total. The fourth-order valence-corrected chi connectivity index (χ4v) is 3.48. The minimum Gasteiger partial charge on any atom is -0.456 e. The van der Waals surface area contributed by atoms with Crippen LogP contribution in [0.2, 0.25) is 10.0 Å². The first-order valence-electron chi connectivity index (χ1n) is 7.88. The SMILES string of the molecule is Cc1cc2oc3cc(=O)c(Cl)cc-3c(-c3ccccc3C)c2cc1Cl. The molecule has 2 aromatic carbocycles. The molecule has 124 valence electrons. The van der Waals surface area contributed by atoms with Gasteiger partial charge in [0.25, 0.3) is 0 Å². The minimum atomic E-state index is -0.251. The molecule has 0 spiro atoms. The summed E-state index contributed by atoms with van der Waals surface area (Å²) in [6, 6.07) is 15.0. The van der Waals surface area contributed by atoms with Crippen LogP contribution in [0.15, 0.2) is 57.7 Å². The topological polar surface area (TPSA) is 30.2 Å². The summed E-state index contributed by atoms with van der Waals surface area (Å²) in [6.45, 7) is 3.98. The van der Waals surface area contributed by atoms with Gasteiger partial charge in [0.15, 0.2) is 0 Å². The number of rotatable bonds is 1. The number of aryl methyl sites for hydroxylation is 2. The Morgan fingerprint density at radius 3 is 2.36 bits per heavy atom. The van der Waals surface area contributed by atoms with Crippen molar-refractivity contribution in [3.8, 4) is 22.5 Å². The standard InChI is InChI=1S/C21H14Cl2O2/c1-11-5-3-4-6-13(11)21-14-8-16(22)12(2)7-19(14)25-20-10-18(24)17(23)9-15(20)21/h3-10H,1-2H3. The van der Waals surface area contributed by atoms with Gasteiger partial charge in [-0.15, -0.1) is 0 Å². The number of hydrogen-bond donors (Lipinski definition) is 0. The van der Waals surface area contributed by atoms with Crippen LogP contribution in [0.1, 0.15) is 11.1 Å². The summed E-state index contributed by atoms with van der Waals surface area (Å²) in [5.74, 6) is 0.516. The van der Waals surface area contributed by atoms with Crippen molar-refractivity contribution in [1.82, 2.24) is 0 Å². The second-order valence-corrected chi connectivity index (χ2v) is 6.98. The van der Waals surface area contributed by atoms with Gasteiger partial charge in [-0.3, -0.25) is 4.79 Å². The molecule has 0 amide bonds. The van der Waals surface area contributed by atoms with E-state index in [0.717, 1.165) is 33.2 Å². The van der Waals surface area contributed by atoms with Crippen LogP contribution in [0.3, 0.4) is 0 Å². The molecule has 1 aliphatic heterocycles. The van der Waals surface area contributed by atoms with E-state index >= 15 is 0 Å². The number of benzene rings is 3. The van der Waals surface area contributed by atoms with Crippen LogP contribution < -0.4 is 5.43 Å². The van der Waals surface area contributed by atoms with Crippen molar-refractivity contribution in [2.24, 2.45) is 0 Å². The van der Waals surface area contributed by atoms with E-state index < -0.39 is 0 Å². The number of hydrogen-bond acceptors (Lipinski definition) is 2. The van der Waals surface area contributed by atoms with E-state index in [1.165, 1.54) is 6.07 Å². The zero-order valence-electron chi connectivity index (χ0n) is 13.7. The van der Waals surface area contributed by atoms with E-state index in [0.29, 0.717) is 16.4 Å². The highest BCUT2D eigenvalue weighted by Gasteiger charge is 2.20. The fraction of sp³-hybridized carbons (Fsp3) is 0.0952. The van der Waals surface area contributed by atoms with Crippen LogP contribution >= 0.6 is 23.2 Å². The maximum Gasteiger partial charge on any atom is 0.200 e. The first-order chi connectivity index (χ1) is 12.0. The molecule has 0 N–H and O–H groups in total. The van der Waals surface area contributed by atoms with Crippen molar-refractivity contribution in [2.45, 2.75) is 13.8 Å². The third-order valence-corrected chi connectivity index (χ3v) is 5.17. The van der Waals surface area contributed by atoms with Gasteiger partial charge in [-0.05, 0) is 48.7 Å². The summed E-state index contributed by atoms with van der Waals surface area (Å²) in [5, 5.41) is 1.74. The van der Waals surface area contributed by atoms with Crippen molar-refractivity contribution in [1.29, 1.82) is 0 Å². The molecule has 0 unspecified atom stereocenters. The largest absolute Gasteiger partial charge is 0.456 e. The van der Waals surface area contributed by atoms with Crippen LogP contribution in [0.4, 0.5) is 0 Å². The van der Waals surface area contributed by atoms with Crippen molar-refractivity contribution < 1.29 is 4.42 Å². The number of fused-ring (bicyclic) bond motifs is 2. The average Bonchev–Trinajstić information content (AvgIpc) is 2.57. The van der Waals surface area contributed by atoms with E-state index in [9.17, 15) is 4.79 Å². The lowest BCUT2D eigenvalue weighted by atomic mass is 9.91. The smallest absolute Gasteiger partial charge is 0.200 e. The summed E-state index contributed by atoms with van der Waals surface area (Å²) >= 11 is 12.5. The molecule has 0 radical (unpaired) electrons. The predicted molar refractivity (Wildman–Crippen MR) is 104 cm³/mol. The Hall–Kier alpha value is -2.29. The van der Waals surface area contributed by atoms with Crippen LogP contribution in [0.5, 0.6) is 0 Å². The highest BCUT2D eigenvalue weighted by Crippen LogP contribution is 2.42. The summed E-state index contributed by atoms with van der Waals surface area (Å²) in [5.41, 5.74) is 5.31. The van der Waals surface area contributed by atoms with Crippen LogP contribution in [0.25, 0.3) is 33.4 Å². The van der Waals surface area contributed by atoms with Gasteiger partial charge in [0.05, 0.1) is 5.02 Å². The normalized spacial score (nSPS) is 11.4.